The van der Waals surface area contributed by atoms with Crippen molar-refractivity contribution < 1.29 is 14.6 Å². The number of aliphatic carboxylic acids is 1. The number of rotatable bonds is 5. The molecule has 152 valence electrons. The van der Waals surface area contributed by atoms with Crippen LogP contribution in [0.5, 0.6) is 5.75 Å². The van der Waals surface area contributed by atoms with Crippen LogP contribution in [0, 0.1) is 11.8 Å². The van der Waals surface area contributed by atoms with Crippen LogP contribution in [0.4, 0.5) is 0 Å². The minimum atomic E-state index is -0.725. The number of hydrogen-bond donors (Lipinski definition) is 1. The number of ether oxygens (including phenoxy) is 1. The molecule has 29 heavy (non-hydrogen) atoms. The first-order valence-corrected chi connectivity index (χ1v) is 10.3. The molecule has 0 atom stereocenters. The van der Waals surface area contributed by atoms with Crippen molar-refractivity contribution in [3.05, 3.63) is 64.7 Å². The minimum Gasteiger partial charge on any atom is -0.488 e. The average Bonchev–Trinajstić information content (AvgIpc) is 2.63. The maximum atomic E-state index is 10.6. The average molecular weight is 391 g/mol. The van der Waals surface area contributed by atoms with E-state index in [1.807, 2.05) is 24.3 Å². The molecule has 0 saturated heterocycles. The Hall–Kier alpha value is -2.73. The standard InChI is InChI=1S/C26H30O3/c1-25(2)18-26(3,4)29-23-16-15-21(17-22(23)25)14-13-20-11-9-19(10-12-20)7-5-6-8-24(27)28/h9-12,15-17H,5-8,18H2,1-4H3,(H,27,28). The molecule has 2 aromatic carbocycles. The molecule has 3 nitrogen and oxygen atoms in total. The predicted octanol–water partition coefficient (Wildman–Crippen LogP) is 5.72. The van der Waals surface area contributed by atoms with Crippen LogP contribution in [-0.4, -0.2) is 16.7 Å². The van der Waals surface area contributed by atoms with Gasteiger partial charge in [-0.1, -0.05) is 37.8 Å². The fourth-order valence-corrected chi connectivity index (χ4v) is 4.22. The number of unbranched alkanes of at least 4 members (excludes halogenated alkanes) is 1. The molecular formula is C26H30O3. The lowest BCUT2D eigenvalue weighted by atomic mass is 9.73. The number of carbonyl (C=O) groups is 1. The van der Waals surface area contributed by atoms with Crippen molar-refractivity contribution in [1.82, 2.24) is 0 Å². The number of carboxylic acid groups (broad SMARTS) is 1. The SMILES string of the molecule is CC1(C)CC(C)(C)c2cc(C#Cc3ccc(CCCCC(=O)O)cc3)ccc2O1. The van der Waals surface area contributed by atoms with Crippen molar-refractivity contribution in [3.63, 3.8) is 0 Å². The van der Waals surface area contributed by atoms with E-state index in [0.717, 1.165) is 36.1 Å². The fourth-order valence-electron chi connectivity index (χ4n) is 4.22. The molecule has 0 bridgehead atoms. The van der Waals surface area contributed by atoms with Crippen LogP contribution in [0.1, 0.15) is 75.6 Å². The Bertz CT molecular complexity index is 940. The van der Waals surface area contributed by atoms with Crippen molar-refractivity contribution in [2.75, 3.05) is 0 Å². The van der Waals surface area contributed by atoms with Gasteiger partial charge in [-0.25, -0.2) is 0 Å². The van der Waals surface area contributed by atoms with Crippen LogP contribution in [0.2, 0.25) is 0 Å². The molecule has 1 aliphatic heterocycles. The number of benzene rings is 2. The summed E-state index contributed by atoms with van der Waals surface area (Å²) in [6.07, 6.45) is 3.71. The summed E-state index contributed by atoms with van der Waals surface area (Å²) in [5, 5.41) is 8.69. The number of carboxylic acids is 1. The highest BCUT2D eigenvalue weighted by atomic mass is 16.5. The molecule has 3 heteroatoms. The van der Waals surface area contributed by atoms with Gasteiger partial charge in [0.05, 0.1) is 0 Å². The van der Waals surface area contributed by atoms with Crippen molar-refractivity contribution in [2.24, 2.45) is 0 Å². The topological polar surface area (TPSA) is 46.5 Å². The van der Waals surface area contributed by atoms with Crippen molar-refractivity contribution in [3.8, 4) is 17.6 Å². The van der Waals surface area contributed by atoms with Gasteiger partial charge in [0.2, 0.25) is 0 Å². The summed E-state index contributed by atoms with van der Waals surface area (Å²) in [5.41, 5.74) is 4.32. The Balaban J connectivity index is 1.68. The van der Waals surface area contributed by atoms with E-state index in [-0.39, 0.29) is 17.4 Å². The van der Waals surface area contributed by atoms with Gasteiger partial charge in [-0.3, -0.25) is 4.79 Å². The lowest BCUT2D eigenvalue weighted by Crippen LogP contribution is -2.41. The highest BCUT2D eigenvalue weighted by Gasteiger charge is 2.38. The van der Waals surface area contributed by atoms with E-state index in [4.69, 9.17) is 9.84 Å². The summed E-state index contributed by atoms with van der Waals surface area (Å²) in [5.74, 6) is 6.77. The van der Waals surface area contributed by atoms with Gasteiger partial charge in [-0.05, 0) is 80.8 Å². The Morgan fingerprint density at radius 2 is 1.66 bits per heavy atom. The normalized spacial score (nSPS) is 16.1. The summed E-state index contributed by atoms with van der Waals surface area (Å²) in [6.45, 7) is 8.81. The second-order valence-electron chi connectivity index (χ2n) is 9.18. The number of aryl methyl sites for hydroxylation is 1. The van der Waals surface area contributed by atoms with Gasteiger partial charge < -0.3 is 9.84 Å². The third-order valence-corrected chi connectivity index (χ3v) is 5.37. The van der Waals surface area contributed by atoms with Crippen LogP contribution in [-0.2, 0) is 16.6 Å². The van der Waals surface area contributed by atoms with E-state index >= 15 is 0 Å². The second-order valence-corrected chi connectivity index (χ2v) is 9.18. The molecule has 1 heterocycles. The molecule has 1 aliphatic rings. The zero-order valence-corrected chi connectivity index (χ0v) is 17.8. The zero-order valence-electron chi connectivity index (χ0n) is 17.8. The summed E-state index contributed by atoms with van der Waals surface area (Å²) in [4.78, 5) is 10.6. The van der Waals surface area contributed by atoms with Gasteiger partial charge in [0.25, 0.3) is 0 Å². The first-order valence-electron chi connectivity index (χ1n) is 10.3. The molecule has 0 fully saturated rings. The molecule has 1 N–H and O–H groups in total. The molecule has 0 radical (unpaired) electrons. The highest BCUT2D eigenvalue weighted by Crippen LogP contribution is 2.44. The van der Waals surface area contributed by atoms with E-state index in [0.29, 0.717) is 6.42 Å². The third kappa shape index (κ3) is 5.64. The molecule has 0 saturated carbocycles. The van der Waals surface area contributed by atoms with Crippen molar-refractivity contribution in [1.29, 1.82) is 0 Å². The first kappa shape index (κ1) is 21.0. The Kier molecular flexibility index (Phi) is 6.03. The third-order valence-electron chi connectivity index (χ3n) is 5.37. The Morgan fingerprint density at radius 3 is 2.34 bits per heavy atom. The van der Waals surface area contributed by atoms with Crippen LogP contribution in [0.25, 0.3) is 0 Å². The molecular weight excluding hydrogens is 360 g/mol. The number of fused-ring (bicyclic) bond motifs is 1. The van der Waals surface area contributed by atoms with E-state index in [1.165, 1.54) is 11.1 Å². The Morgan fingerprint density at radius 1 is 1.00 bits per heavy atom. The summed E-state index contributed by atoms with van der Waals surface area (Å²) < 4.78 is 6.16. The monoisotopic (exact) mass is 390 g/mol. The van der Waals surface area contributed by atoms with Gasteiger partial charge in [-0.2, -0.15) is 0 Å². The first-order chi connectivity index (χ1) is 13.6. The predicted molar refractivity (Wildman–Crippen MR) is 116 cm³/mol. The van der Waals surface area contributed by atoms with Crippen LogP contribution < -0.4 is 4.74 Å². The molecule has 0 aromatic heterocycles. The van der Waals surface area contributed by atoms with Crippen LogP contribution in [0.15, 0.2) is 42.5 Å². The molecule has 0 aliphatic carbocycles. The van der Waals surface area contributed by atoms with E-state index in [9.17, 15) is 4.79 Å². The summed E-state index contributed by atoms with van der Waals surface area (Å²) in [6, 6.07) is 14.5. The molecule has 2 aromatic rings. The van der Waals surface area contributed by atoms with E-state index in [1.54, 1.807) is 0 Å². The zero-order chi connectivity index (χ0) is 21.1. The Labute approximate surface area is 174 Å². The van der Waals surface area contributed by atoms with Gasteiger partial charge in [0.1, 0.15) is 11.4 Å². The van der Waals surface area contributed by atoms with Crippen LogP contribution >= 0.6 is 0 Å². The van der Waals surface area contributed by atoms with Crippen molar-refractivity contribution in [2.45, 2.75) is 70.8 Å². The fraction of sp³-hybridized carbons (Fsp3) is 0.423. The number of hydrogen-bond acceptors (Lipinski definition) is 2. The second kappa shape index (κ2) is 8.33. The summed E-state index contributed by atoms with van der Waals surface area (Å²) in [7, 11) is 0. The molecule has 0 unspecified atom stereocenters. The van der Waals surface area contributed by atoms with Crippen molar-refractivity contribution >= 4 is 5.97 Å². The quantitative estimate of drug-likeness (QED) is 0.524. The highest BCUT2D eigenvalue weighted by molar-refractivity contribution is 5.66. The molecule has 3 rings (SSSR count). The molecule has 0 amide bonds. The summed E-state index contributed by atoms with van der Waals surface area (Å²) >= 11 is 0. The van der Waals surface area contributed by atoms with Gasteiger partial charge in [0, 0.05) is 23.1 Å². The van der Waals surface area contributed by atoms with Gasteiger partial charge in [0.15, 0.2) is 0 Å². The van der Waals surface area contributed by atoms with Crippen LogP contribution in [0.3, 0.4) is 0 Å². The van der Waals surface area contributed by atoms with E-state index < -0.39 is 5.97 Å². The van der Waals surface area contributed by atoms with Gasteiger partial charge >= 0.3 is 5.97 Å². The lowest BCUT2D eigenvalue weighted by molar-refractivity contribution is -0.137. The molecule has 0 spiro atoms. The lowest BCUT2D eigenvalue weighted by Gasteiger charge is -2.42. The minimum absolute atomic E-state index is 0.0526. The largest absolute Gasteiger partial charge is 0.488 e. The van der Waals surface area contributed by atoms with Gasteiger partial charge in [-0.15, -0.1) is 0 Å². The smallest absolute Gasteiger partial charge is 0.303 e. The maximum Gasteiger partial charge on any atom is 0.303 e. The maximum absolute atomic E-state index is 10.6. The van der Waals surface area contributed by atoms with E-state index in [2.05, 4.69) is 57.7 Å².